The molecule has 0 saturated heterocycles. The molecule has 0 spiro atoms. The average Bonchev–Trinajstić information content (AvgIpc) is 2.65. The summed E-state index contributed by atoms with van der Waals surface area (Å²) in [5, 5.41) is 2.60. The fourth-order valence-electron chi connectivity index (χ4n) is 3.54. The maximum Gasteiger partial charge on any atom is 0.416 e. The summed E-state index contributed by atoms with van der Waals surface area (Å²) in [6, 6.07) is 9.70. The van der Waals surface area contributed by atoms with Crippen LogP contribution in [0.5, 0.6) is 0 Å². The second-order valence-electron chi connectivity index (χ2n) is 7.14. The molecule has 3 rings (SSSR count). The summed E-state index contributed by atoms with van der Waals surface area (Å²) >= 11 is 5.98. The lowest BCUT2D eigenvalue weighted by Gasteiger charge is -2.28. The van der Waals surface area contributed by atoms with Crippen LogP contribution in [0.15, 0.2) is 42.5 Å². The molecule has 1 N–H and O–H groups in total. The van der Waals surface area contributed by atoms with Crippen LogP contribution >= 0.6 is 11.6 Å². The lowest BCUT2D eigenvalue weighted by Crippen LogP contribution is -2.42. The Hall–Kier alpha value is -2.26. The van der Waals surface area contributed by atoms with Crippen LogP contribution < -0.4 is 9.62 Å². The highest BCUT2D eigenvalue weighted by Crippen LogP contribution is 2.36. The SMILES string of the molecule is CS(=O)(=O)N(CC(=O)NC1CCCc2ccccc21)c1cc(C(F)(F)F)ccc1Cl. The van der Waals surface area contributed by atoms with Crippen molar-refractivity contribution in [3.05, 3.63) is 64.2 Å². The number of rotatable bonds is 5. The Labute approximate surface area is 177 Å². The molecule has 1 unspecified atom stereocenters. The van der Waals surface area contributed by atoms with Crippen molar-refractivity contribution in [2.45, 2.75) is 31.5 Å². The van der Waals surface area contributed by atoms with Crippen molar-refractivity contribution >= 4 is 33.2 Å². The molecule has 30 heavy (non-hydrogen) atoms. The Morgan fingerprint density at radius 2 is 1.93 bits per heavy atom. The van der Waals surface area contributed by atoms with Crippen LogP contribution in [0.3, 0.4) is 0 Å². The van der Waals surface area contributed by atoms with Crippen LogP contribution in [-0.4, -0.2) is 27.1 Å². The molecule has 162 valence electrons. The van der Waals surface area contributed by atoms with E-state index in [1.54, 1.807) is 0 Å². The fourth-order valence-corrected chi connectivity index (χ4v) is 4.67. The number of anilines is 1. The van der Waals surface area contributed by atoms with Gasteiger partial charge in [0.05, 0.1) is 28.6 Å². The van der Waals surface area contributed by atoms with Crippen LogP contribution in [0.4, 0.5) is 18.9 Å². The molecule has 0 aliphatic heterocycles. The minimum absolute atomic E-state index is 0.204. The van der Waals surface area contributed by atoms with E-state index < -0.39 is 39.9 Å². The van der Waals surface area contributed by atoms with Crippen LogP contribution in [0.2, 0.25) is 5.02 Å². The molecule has 1 aliphatic carbocycles. The third kappa shape index (κ3) is 5.07. The molecular formula is C20H20ClF3N2O3S. The zero-order valence-electron chi connectivity index (χ0n) is 16.0. The van der Waals surface area contributed by atoms with E-state index in [-0.39, 0.29) is 11.1 Å². The number of hydrogen-bond acceptors (Lipinski definition) is 3. The lowest BCUT2D eigenvalue weighted by atomic mass is 9.88. The number of hydrogen-bond donors (Lipinski definition) is 1. The first kappa shape index (κ1) is 22.4. The summed E-state index contributed by atoms with van der Waals surface area (Å²) in [6.45, 7) is -0.682. The Balaban J connectivity index is 1.86. The van der Waals surface area contributed by atoms with E-state index in [0.717, 1.165) is 42.4 Å². The van der Waals surface area contributed by atoms with Gasteiger partial charge in [0.2, 0.25) is 15.9 Å². The lowest BCUT2D eigenvalue weighted by molar-refractivity contribution is -0.137. The van der Waals surface area contributed by atoms with Crippen molar-refractivity contribution in [3.8, 4) is 0 Å². The van der Waals surface area contributed by atoms with Gasteiger partial charge < -0.3 is 5.32 Å². The van der Waals surface area contributed by atoms with Gasteiger partial charge in [0.25, 0.3) is 0 Å². The van der Waals surface area contributed by atoms with Gasteiger partial charge in [-0.3, -0.25) is 9.10 Å². The van der Waals surface area contributed by atoms with Crippen molar-refractivity contribution in [1.82, 2.24) is 5.32 Å². The first-order valence-electron chi connectivity index (χ1n) is 9.18. The van der Waals surface area contributed by atoms with Gasteiger partial charge in [0.1, 0.15) is 6.54 Å². The van der Waals surface area contributed by atoms with Crippen molar-refractivity contribution < 1.29 is 26.4 Å². The van der Waals surface area contributed by atoms with Crippen LogP contribution in [0, 0.1) is 0 Å². The molecule has 1 amide bonds. The van der Waals surface area contributed by atoms with Crippen molar-refractivity contribution in [1.29, 1.82) is 0 Å². The minimum atomic E-state index is -4.68. The van der Waals surface area contributed by atoms with Gasteiger partial charge in [-0.15, -0.1) is 0 Å². The van der Waals surface area contributed by atoms with E-state index in [1.165, 1.54) is 0 Å². The summed E-state index contributed by atoms with van der Waals surface area (Å²) in [7, 11) is -4.08. The molecule has 0 aromatic heterocycles. The van der Waals surface area contributed by atoms with Crippen LogP contribution in [0.25, 0.3) is 0 Å². The Morgan fingerprint density at radius 1 is 1.23 bits per heavy atom. The van der Waals surface area contributed by atoms with E-state index in [2.05, 4.69) is 5.32 Å². The van der Waals surface area contributed by atoms with Gasteiger partial charge in [-0.2, -0.15) is 13.2 Å². The molecule has 2 aromatic rings. The molecular weight excluding hydrogens is 441 g/mol. The smallest absolute Gasteiger partial charge is 0.348 e. The Bertz CT molecular complexity index is 1060. The highest BCUT2D eigenvalue weighted by Gasteiger charge is 2.33. The highest BCUT2D eigenvalue weighted by molar-refractivity contribution is 7.92. The molecule has 0 radical (unpaired) electrons. The fraction of sp³-hybridized carbons (Fsp3) is 0.350. The maximum atomic E-state index is 13.1. The number of carbonyl (C=O) groups is 1. The topological polar surface area (TPSA) is 66.5 Å². The van der Waals surface area contributed by atoms with Crippen LogP contribution in [-0.2, 0) is 27.4 Å². The zero-order chi connectivity index (χ0) is 22.1. The van der Waals surface area contributed by atoms with Gasteiger partial charge in [0.15, 0.2) is 0 Å². The predicted molar refractivity (Wildman–Crippen MR) is 109 cm³/mol. The monoisotopic (exact) mass is 460 g/mol. The van der Waals surface area contributed by atoms with E-state index in [4.69, 9.17) is 11.6 Å². The molecule has 10 heteroatoms. The third-order valence-electron chi connectivity index (χ3n) is 4.93. The molecule has 0 saturated carbocycles. The standard InChI is InChI=1S/C20H20ClF3N2O3S/c1-30(28,29)26(18-11-14(20(22,23)24)9-10-16(18)21)12-19(27)25-17-8-4-6-13-5-2-3-7-15(13)17/h2-3,5,7,9-11,17H,4,6,8,12H2,1H3,(H,25,27). The number of nitrogens with zero attached hydrogens (tertiary/aromatic N) is 1. The summed E-state index contributed by atoms with van der Waals surface area (Å²) in [5.74, 6) is -0.629. The number of sulfonamides is 1. The summed E-state index contributed by atoms with van der Waals surface area (Å²) in [6.07, 6.45) is -1.44. The summed E-state index contributed by atoms with van der Waals surface area (Å²) in [5.41, 5.74) is 0.611. The van der Waals surface area contributed by atoms with E-state index in [0.29, 0.717) is 16.8 Å². The Morgan fingerprint density at radius 3 is 2.60 bits per heavy atom. The predicted octanol–water partition coefficient (Wildman–Crippen LogP) is 4.32. The number of alkyl halides is 3. The van der Waals surface area contributed by atoms with Crippen molar-refractivity contribution in [3.63, 3.8) is 0 Å². The molecule has 0 fully saturated rings. The first-order valence-corrected chi connectivity index (χ1v) is 11.4. The van der Waals surface area contributed by atoms with Gasteiger partial charge in [-0.05, 0) is 48.6 Å². The number of carbonyl (C=O) groups excluding carboxylic acids is 1. The van der Waals surface area contributed by atoms with Gasteiger partial charge in [-0.25, -0.2) is 8.42 Å². The summed E-state index contributed by atoms with van der Waals surface area (Å²) in [4.78, 5) is 12.7. The number of benzene rings is 2. The van der Waals surface area contributed by atoms with Crippen molar-refractivity contribution in [2.75, 3.05) is 17.1 Å². The van der Waals surface area contributed by atoms with Gasteiger partial charge in [-0.1, -0.05) is 35.9 Å². The molecule has 0 heterocycles. The minimum Gasteiger partial charge on any atom is -0.348 e. The molecule has 1 aliphatic rings. The van der Waals surface area contributed by atoms with E-state index >= 15 is 0 Å². The second kappa shape index (κ2) is 8.47. The molecule has 2 aromatic carbocycles. The number of amides is 1. The molecule has 5 nitrogen and oxygen atoms in total. The first-order chi connectivity index (χ1) is 14.0. The number of nitrogens with one attached hydrogen (secondary N) is 1. The second-order valence-corrected chi connectivity index (χ2v) is 9.46. The van der Waals surface area contributed by atoms with E-state index in [9.17, 15) is 26.4 Å². The average molecular weight is 461 g/mol. The van der Waals surface area contributed by atoms with Gasteiger partial charge in [0, 0.05) is 0 Å². The maximum absolute atomic E-state index is 13.1. The van der Waals surface area contributed by atoms with E-state index in [1.807, 2.05) is 24.3 Å². The number of halogens is 4. The quantitative estimate of drug-likeness (QED) is 0.722. The molecule has 0 bridgehead atoms. The van der Waals surface area contributed by atoms with Gasteiger partial charge >= 0.3 is 6.18 Å². The third-order valence-corrected chi connectivity index (χ3v) is 6.38. The number of aryl methyl sites for hydroxylation is 1. The largest absolute Gasteiger partial charge is 0.416 e. The molecule has 1 atom stereocenters. The number of fused-ring (bicyclic) bond motifs is 1. The summed E-state index contributed by atoms with van der Waals surface area (Å²) < 4.78 is 64.4. The van der Waals surface area contributed by atoms with Crippen molar-refractivity contribution in [2.24, 2.45) is 0 Å². The van der Waals surface area contributed by atoms with Crippen LogP contribution in [0.1, 0.15) is 35.6 Å². The highest BCUT2D eigenvalue weighted by atomic mass is 35.5. The Kier molecular flexibility index (Phi) is 6.33. The normalized spacial score (nSPS) is 16.6. The zero-order valence-corrected chi connectivity index (χ0v) is 17.6.